The molecular formula is C12H17BrO2. The number of ether oxygens (including phenoxy) is 1. The number of rotatable bonds is 0. The average molecular weight is 273 g/mol. The number of hydrogen-bond acceptors (Lipinski definition) is 2. The number of phenols is 1. The lowest BCUT2D eigenvalue weighted by Gasteiger charge is -2.16. The van der Waals surface area contributed by atoms with Crippen molar-refractivity contribution >= 4 is 15.9 Å². The number of fused-ring (bicyclic) bond motifs is 1. The molecule has 2 nitrogen and oxygen atoms in total. The second kappa shape index (κ2) is 4.44. The first-order chi connectivity index (χ1) is 7.02. The molecule has 0 aliphatic carbocycles. The standard InChI is InChI=1S/C10H11BrO2.C2H6/c1-10(2)5-13-9-6(11)3-4-7(12)8(9)10;1-2/h3-4,12H,5H2,1-2H3;1-2H3. The first-order valence-electron chi connectivity index (χ1n) is 5.17. The molecule has 1 N–H and O–H groups in total. The van der Waals surface area contributed by atoms with Crippen molar-refractivity contribution in [1.82, 2.24) is 0 Å². The SMILES string of the molecule is CC.CC1(C)COc2c(Br)ccc(O)c21. The summed E-state index contributed by atoms with van der Waals surface area (Å²) in [6.07, 6.45) is 0. The van der Waals surface area contributed by atoms with Gasteiger partial charge in [0.2, 0.25) is 0 Å². The highest BCUT2D eigenvalue weighted by Gasteiger charge is 2.35. The number of halogens is 1. The molecule has 2 rings (SSSR count). The number of benzene rings is 1. The maximum Gasteiger partial charge on any atom is 0.141 e. The van der Waals surface area contributed by atoms with E-state index in [1.807, 2.05) is 13.8 Å². The van der Waals surface area contributed by atoms with E-state index in [2.05, 4.69) is 29.8 Å². The van der Waals surface area contributed by atoms with Crippen LogP contribution in [0.25, 0.3) is 0 Å². The summed E-state index contributed by atoms with van der Waals surface area (Å²) < 4.78 is 6.43. The Kier molecular flexibility index (Phi) is 3.66. The lowest BCUT2D eigenvalue weighted by molar-refractivity contribution is 0.289. The molecule has 3 heteroatoms. The Morgan fingerprint density at radius 2 is 1.93 bits per heavy atom. The van der Waals surface area contributed by atoms with Crippen LogP contribution in [0.1, 0.15) is 33.3 Å². The van der Waals surface area contributed by atoms with Crippen molar-refractivity contribution in [3.63, 3.8) is 0 Å². The molecule has 15 heavy (non-hydrogen) atoms. The smallest absolute Gasteiger partial charge is 0.141 e. The summed E-state index contributed by atoms with van der Waals surface area (Å²) in [7, 11) is 0. The normalized spacial score (nSPS) is 16.1. The summed E-state index contributed by atoms with van der Waals surface area (Å²) in [5.41, 5.74) is 0.810. The highest BCUT2D eigenvalue weighted by atomic mass is 79.9. The maximum atomic E-state index is 9.69. The fourth-order valence-electron chi connectivity index (χ4n) is 1.67. The minimum atomic E-state index is -0.0941. The van der Waals surface area contributed by atoms with Crippen LogP contribution in [0, 0.1) is 0 Å². The largest absolute Gasteiger partial charge is 0.508 e. The van der Waals surface area contributed by atoms with Gasteiger partial charge in [-0.05, 0) is 28.1 Å². The molecule has 1 aromatic carbocycles. The summed E-state index contributed by atoms with van der Waals surface area (Å²) in [5.74, 6) is 1.10. The van der Waals surface area contributed by atoms with E-state index in [-0.39, 0.29) is 5.41 Å². The van der Waals surface area contributed by atoms with E-state index in [1.165, 1.54) is 0 Å². The molecule has 0 radical (unpaired) electrons. The van der Waals surface area contributed by atoms with Crippen LogP contribution >= 0.6 is 15.9 Å². The van der Waals surface area contributed by atoms with Crippen molar-refractivity contribution in [2.75, 3.05) is 6.61 Å². The van der Waals surface area contributed by atoms with Gasteiger partial charge in [0.05, 0.1) is 11.1 Å². The van der Waals surface area contributed by atoms with Crippen LogP contribution in [0.3, 0.4) is 0 Å². The lowest BCUT2D eigenvalue weighted by Crippen LogP contribution is -2.18. The molecule has 0 saturated carbocycles. The van der Waals surface area contributed by atoms with Gasteiger partial charge in [0.25, 0.3) is 0 Å². The predicted molar refractivity (Wildman–Crippen MR) is 65.7 cm³/mol. The Balaban J connectivity index is 0.000000531. The Labute approximate surface area is 99.4 Å². The zero-order chi connectivity index (χ0) is 11.6. The molecule has 1 aliphatic rings. The number of hydrogen-bond donors (Lipinski definition) is 1. The molecule has 0 atom stereocenters. The monoisotopic (exact) mass is 272 g/mol. The lowest BCUT2D eigenvalue weighted by atomic mass is 9.86. The third kappa shape index (κ3) is 2.12. The minimum Gasteiger partial charge on any atom is -0.508 e. The van der Waals surface area contributed by atoms with Crippen LogP contribution in [-0.4, -0.2) is 11.7 Å². The van der Waals surface area contributed by atoms with Crippen LogP contribution < -0.4 is 4.74 Å². The molecule has 0 aromatic heterocycles. The molecule has 1 aromatic rings. The maximum absolute atomic E-state index is 9.69. The molecule has 0 unspecified atom stereocenters. The van der Waals surface area contributed by atoms with Crippen LogP contribution in [0.4, 0.5) is 0 Å². The van der Waals surface area contributed by atoms with E-state index in [4.69, 9.17) is 4.74 Å². The van der Waals surface area contributed by atoms with Crippen molar-refractivity contribution in [2.24, 2.45) is 0 Å². The Morgan fingerprint density at radius 1 is 1.33 bits per heavy atom. The van der Waals surface area contributed by atoms with Crippen molar-refractivity contribution in [3.05, 3.63) is 22.2 Å². The van der Waals surface area contributed by atoms with Gasteiger partial charge in [-0.2, -0.15) is 0 Å². The van der Waals surface area contributed by atoms with Gasteiger partial charge in [-0.3, -0.25) is 0 Å². The van der Waals surface area contributed by atoms with Crippen LogP contribution in [0.15, 0.2) is 16.6 Å². The summed E-state index contributed by atoms with van der Waals surface area (Å²) in [6, 6.07) is 3.49. The van der Waals surface area contributed by atoms with E-state index in [1.54, 1.807) is 12.1 Å². The second-order valence-electron chi connectivity index (χ2n) is 3.94. The van der Waals surface area contributed by atoms with Gasteiger partial charge in [-0.1, -0.05) is 27.7 Å². The third-order valence-electron chi connectivity index (χ3n) is 2.34. The molecule has 0 bridgehead atoms. The molecule has 84 valence electrons. The predicted octanol–water partition coefficient (Wildman–Crippen LogP) is 3.85. The van der Waals surface area contributed by atoms with Gasteiger partial charge in [-0.25, -0.2) is 0 Å². The van der Waals surface area contributed by atoms with Gasteiger partial charge in [-0.15, -0.1) is 0 Å². The molecular weight excluding hydrogens is 256 g/mol. The van der Waals surface area contributed by atoms with E-state index in [9.17, 15) is 5.11 Å². The van der Waals surface area contributed by atoms with Gasteiger partial charge in [0.1, 0.15) is 11.5 Å². The van der Waals surface area contributed by atoms with E-state index < -0.39 is 0 Å². The molecule has 0 amide bonds. The van der Waals surface area contributed by atoms with Crippen molar-refractivity contribution < 1.29 is 9.84 Å². The zero-order valence-corrected chi connectivity index (χ0v) is 11.2. The minimum absolute atomic E-state index is 0.0941. The highest BCUT2D eigenvalue weighted by molar-refractivity contribution is 9.10. The number of phenolic OH excluding ortho intramolecular Hbond substituents is 1. The summed E-state index contributed by atoms with van der Waals surface area (Å²) in [5, 5.41) is 9.69. The van der Waals surface area contributed by atoms with Crippen LogP contribution in [0.2, 0.25) is 0 Å². The zero-order valence-electron chi connectivity index (χ0n) is 9.60. The Bertz CT molecular complexity index is 359. The molecule has 1 aliphatic heterocycles. The van der Waals surface area contributed by atoms with E-state index in [0.29, 0.717) is 12.4 Å². The number of aromatic hydroxyl groups is 1. The van der Waals surface area contributed by atoms with Gasteiger partial charge < -0.3 is 9.84 Å². The van der Waals surface area contributed by atoms with Crippen molar-refractivity contribution in [1.29, 1.82) is 0 Å². The van der Waals surface area contributed by atoms with Gasteiger partial charge >= 0.3 is 0 Å². The molecule has 0 spiro atoms. The Hall–Kier alpha value is -0.700. The van der Waals surface area contributed by atoms with E-state index in [0.717, 1.165) is 15.8 Å². The van der Waals surface area contributed by atoms with Gasteiger partial charge in [0.15, 0.2) is 0 Å². The first-order valence-corrected chi connectivity index (χ1v) is 5.96. The third-order valence-corrected chi connectivity index (χ3v) is 2.97. The van der Waals surface area contributed by atoms with Crippen LogP contribution in [0.5, 0.6) is 11.5 Å². The first kappa shape index (κ1) is 12.4. The Morgan fingerprint density at radius 3 is 2.47 bits per heavy atom. The summed E-state index contributed by atoms with van der Waals surface area (Å²) >= 11 is 3.40. The topological polar surface area (TPSA) is 29.5 Å². The van der Waals surface area contributed by atoms with Crippen LogP contribution in [-0.2, 0) is 5.41 Å². The second-order valence-corrected chi connectivity index (χ2v) is 4.80. The van der Waals surface area contributed by atoms with E-state index >= 15 is 0 Å². The molecule has 0 fully saturated rings. The van der Waals surface area contributed by atoms with Gasteiger partial charge in [0, 0.05) is 11.0 Å². The summed E-state index contributed by atoms with van der Waals surface area (Å²) in [6.45, 7) is 8.74. The van der Waals surface area contributed by atoms with Crippen molar-refractivity contribution in [2.45, 2.75) is 33.1 Å². The summed E-state index contributed by atoms with van der Waals surface area (Å²) in [4.78, 5) is 0. The fourth-order valence-corrected chi connectivity index (χ4v) is 2.11. The quantitative estimate of drug-likeness (QED) is 0.778. The van der Waals surface area contributed by atoms with Crippen molar-refractivity contribution in [3.8, 4) is 11.5 Å². The molecule has 1 heterocycles. The molecule has 0 saturated heterocycles. The average Bonchev–Trinajstić information content (AvgIpc) is 2.53. The fraction of sp³-hybridized carbons (Fsp3) is 0.500. The highest BCUT2D eigenvalue weighted by Crippen LogP contribution is 2.47.